The van der Waals surface area contributed by atoms with E-state index in [1.165, 1.54) is 89.9 Å². The fraction of sp³-hybridized carbons (Fsp3) is 0.941. The first-order valence-electron chi connectivity index (χ1n) is 17.5. The molecule has 254 valence electrons. The van der Waals surface area contributed by atoms with Crippen molar-refractivity contribution in [3.05, 3.63) is 0 Å². The fourth-order valence-electron chi connectivity index (χ4n) is 5.26. The third-order valence-electron chi connectivity index (χ3n) is 8.10. The number of esters is 2. The van der Waals surface area contributed by atoms with Crippen molar-refractivity contribution >= 4 is 11.9 Å². The molecule has 1 rings (SSSR count). The van der Waals surface area contributed by atoms with Crippen molar-refractivity contribution in [3.63, 3.8) is 0 Å². The van der Waals surface area contributed by atoms with Crippen LogP contribution in [0.1, 0.15) is 155 Å². The molecule has 0 radical (unpaired) electrons. The average Bonchev–Trinajstić information content (AvgIpc) is 3.00. The lowest BCUT2D eigenvalue weighted by atomic mass is 10.1. The molecule has 9 heteroatoms. The zero-order valence-electron chi connectivity index (χ0n) is 27.4. The second-order valence-electron chi connectivity index (χ2n) is 12.2. The second kappa shape index (κ2) is 27.1. The summed E-state index contributed by atoms with van der Waals surface area (Å²) < 4.78 is 21.8. The molecule has 1 aliphatic heterocycles. The van der Waals surface area contributed by atoms with Crippen LogP contribution in [0.15, 0.2) is 0 Å². The lowest BCUT2D eigenvalue weighted by molar-refractivity contribution is -0.275. The Bertz CT molecular complexity index is 674. The van der Waals surface area contributed by atoms with Crippen LogP contribution in [-0.4, -0.2) is 77.8 Å². The molecule has 1 aliphatic rings. The summed E-state index contributed by atoms with van der Waals surface area (Å²) >= 11 is 0. The predicted molar refractivity (Wildman–Crippen MR) is 167 cm³/mol. The van der Waals surface area contributed by atoms with Gasteiger partial charge in [0.05, 0.1) is 13.2 Å². The molecule has 1 heterocycles. The number of hydrogen-bond donors (Lipinski definition) is 3. The van der Waals surface area contributed by atoms with Gasteiger partial charge in [0.2, 0.25) is 0 Å². The summed E-state index contributed by atoms with van der Waals surface area (Å²) in [4.78, 5) is 24.9. The maximum atomic E-state index is 12.5. The van der Waals surface area contributed by atoms with Gasteiger partial charge in [-0.1, -0.05) is 129 Å². The van der Waals surface area contributed by atoms with Gasteiger partial charge < -0.3 is 34.3 Å². The highest BCUT2D eigenvalue weighted by Crippen LogP contribution is 2.18. The van der Waals surface area contributed by atoms with Crippen molar-refractivity contribution < 1.29 is 43.9 Å². The number of aliphatic hydroxyl groups excluding tert-OH is 3. The summed E-state index contributed by atoms with van der Waals surface area (Å²) in [6.07, 6.45) is 17.9. The van der Waals surface area contributed by atoms with Crippen LogP contribution >= 0.6 is 0 Å². The highest BCUT2D eigenvalue weighted by molar-refractivity contribution is 5.70. The molecule has 3 N–H and O–H groups in total. The molecule has 0 aromatic heterocycles. The summed E-state index contributed by atoms with van der Waals surface area (Å²) in [6, 6.07) is 0. The summed E-state index contributed by atoms with van der Waals surface area (Å²) in [7, 11) is 0. The minimum Gasteiger partial charge on any atom is -0.462 e. The first kappa shape index (κ1) is 39.8. The van der Waals surface area contributed by atoms with Crippen LogP contribution in [0.2, 0.25) is 0 Å². The van der Waals surface area contributed by atoms with E-state index in [1.807, 2.05) is 0 Å². The summed E-state index contributed by atoms with van der Waals surface area (Å²) in [6.45, 7) is 3.91. The molecule has 0 amide bonds. The molecule has 1 fully saturated rings. The van der Waals surface area contributed by atoms with Crippen LogP contribution in [0.25, 0.3) is 0 Å². The predicted octanol–water partition coefficient (Wildman–Crippen LogP) is 6.52. The standard InChI is InChI=1S/C34H64O9/c1-3-5-7-9-11-13-15-17-19-21-23-30(36)40-25-28(26-41-34-33(39)32(38)29(35)27-42-34)43-31(37)24-22-20-18-16-14-12-10-8-6-4-2/h28-29,32-35,38-39H,3-27H2,1-2H3/t28-,29-,32+,33-,34-/m1/s1. The van der Waals surface area contributed by atoms with Crippen molar-refractivity contribution in [2.24, 2.45) is 0 Å². The van der Waals surface area contributed by atoms with E-state index in [1.54, 1.807) is 0 Å². The first-order chi connectivity index (χ1) is 20.9. The van der Waals surface area contributed by atoms with Gasteiger partial charge in [-0.25, -0.2) is 0 Å². The lowest BCUT2D eigenvalue weighted by Gasteiger charge is -2.35. The summed E-state index contributed by atoms with van der Waals surface area (Å²) in [5.41, 5.74) is 0. The number of unbranched alkanes of at least 4 members (excludes halogenated alkanes) is 18. The zero-order valence-corrected chi connectivity index (χ0v) is 27.4. The monoisotopic (exact) mass is 616 g/mol. The van der Waals surface area contributed by atoms with Crippen LogP contribution < -0.4 is 0 Å². The number of hydrogen-bond acceptors (Lipinski definition) is 9. The Morgan fingerprint density at radius 2 is 1.07 bits per heavy atom. The SMILES string of the molecule is CCCCCCCCCCCCC(=O)OC[C@H](CO[C@@H]1OC[C@@H](O)[C@H](O)[C@H]1O)OC(=O)CCCCCCCCCCCC. The van der Waals surface area contributed by atoms with Gasteiger partial charge in [-0.2, -0.15) is 0 Å². The Morgan fingerprint density at radius 3 is 1.56 bits per heavy atom. The Labute approximate surface area is 261 Å². The fourth-order valence-corrected chi connectivity index (χ4v) is 5.26. The molecule has 43 heavy (non-hydrogen) atoms. The molecular weight excluding hydrogens is 552 g/mol. The van der Waals surface area contributed by atoms with Crippen molar-refractivity contribution in [1.29, 1.82) is 0 Å². The smallest absolute Gasteiger partial charge is 0.306 e. The third-order valence-corrected chi connectivity index (χ3v) is 8.10. The number of rotatable bonds is 28. The summed E-state index contributed by atoms with van der Waals surface area (Å²) in [5, 5.41) is 29.7. The van der Waals surface area contributed by atoms with Crippen LogP contribution in [0.5, 0.6) is 0 Å². The molecule has 0 unspecified atom stereocenters. The largest absolute Gasteiger partial charge is 0.462 e. The van der Waals surface area contributed by atoms with E-state index in [0.29, 0.717) is 6.42 Å². The van der Waals surface area contributed by atoms with Gasteiger partial charge in [0.15, 0.2) is 12.4 Å². The maximum Gasteiger partial charge on any atom is 0.306 e. The van der Waals surface area contributed by atoms with E-state index in [-0.39, 0.29) is 38.2 Å². The third kappa shape index (κ3) is 21.2. The Balaban J connectivity index is 2.34. The van der Waals surface area contributed by atoms with Gasteiger partial charge >= 0.3 is 11.9 Å². The quantitative estimate of drug-likeness (QED) is 0.0664. The molecule has 5 atom stereocenters. The van der Waals surface area contributed by atoms with Crippen molar-refractivity contribution in [2.75, 3.05) is 19.8 Å². The highest BCUT2D eigenvalue weighted by Gasteiger charge is 2.38. The number of carbonyl (C=O) groups is 2. The van der Waals surface area contributed by atoms with E-state index in [2.05, 4.69) is 13.8 Å². The molecule has 0 aromatic rings. The van der Waals surface area contributed by atoms with E-state index in [4.69, 9.17) is 18.9 Å². The maximum absolute atomic E-state index is 12.5. The molecular formula is C34H64O9. The normalized spacial score (nSPS) is 21.0. The lowest BCUT2D eigenvalue weighted by Crippen LogP contribution is -2.54. The first-order valence-corrected chi connectivity index (χ1v) is 17.5. The number of ether oxygens (including phenoxy) is 4. The molecule has 9 nitrogen and oxygen atoms in total. The van der Waals surface area contributed by atoms with Crippen LogP contribution in [0, 0.1) is 0 Å². The van der Waals surface area contributed by atoms with Crippen molar-refractivity contribution in [1.82, 2.24) is 0 Å². The van der Waals surface area contributed by atoms with E-state index in [9.17, 15) is 24.9 Å². The number of carbonyl (C=O) groups excluding carboxylic acids is 2. The molecule has 0 aliphatic carbocycles. The molecule has 0 aromatic carbocycles. The minimum absolute atomic E-state index is 0.158. The van der Waals surface area contributed by atoms with E-state index >= 15 is 0 Å². The van der Waals surface area contributed by atoms with Crippen molar-refractivity contribution in [3.8, 4) is 0 Å². The Kier molecular flexibility index (Phi) is 25.0. The van der Waals surface area contributed by atoms with Gasteiger partial charge in [0.25, 0.3) is 0 Å². The van der Waals surface area contributed by atoms with Crippen LogP contribution in [0.3, 0.4) is 0 Å². The molecule has 0 bridgehead atoms. The van der Waals surface area contributed by atoms with E-state index in [0.717, 1.165) is 38.5 Å². The molecule has 1 saturated heterocycles. The van der Waals surface area contributed by atoms with Gasteiger partial charge in [-0.05, 0) is 12.8 Å². The Morgan fingerprint density at radius 1 is 0.628 bits per heavy atom. The van der Waals surface area contributed by atoms with Gasteiger partial charge in [0.1, 0.15) is 24.9 Å². The van der Waals surface area contributed by atoms with E-state index < -0.39 is 30.7 Å². The minimum atomic E-state index is -1.45. The molecule has 0 spiro atoms. The van der Waals surface area contributed by atoms with Crippen LogP contribution in [-0.2, 0) is 28.5 Å². The second-order valence-corrected chi connectivity index (χ2v) is 12.2. The average molecular weight is 617 g/mol. The van der Waals surface area contributed by atoms with Gasteiger partial charge in [-0.15, -0.1) is 0 Å². The van der Waals surface area contributed by atoms with Gasteiger partial charge in [-0.3, -0.25) is 9.59 Å². The Hall–Kier alpha value is -1.26. The molecule has 0 saturated carbocycles. The number of aliphatic hydroxyl groups is 3. The highest BCUT2D eigenvalue weighted by atomic mass is 16.7. The van der Waals surface area contributed by atoms with Gasteiger partial charge in [0, 0.05) is 12.8 Å². The van der Waals surface area contributed by atoms with Crippen LogP contribution in [0.4, 0.5) is 0 Å². The topological polar surface area (TPSA) is 132 Å². The zero-order chi connectivity index (χ0) is 31.5. The van der Waals surface area contributed by atoms with Crippen molar-refractivity contribution in [2.45, 2.75) is 186 Å². The summed E-state index contributed by atoms with van der Waals surface area (Å²) in [5.74, 6) is -0.734.